The van der Waals surface area contributed by atoms with E-state index in [0.29, 0.717) is 24.1 Å². The van der Waals surface area contributed by atoms with Gasteiger partial charge in [-0.25, -0.2) is 0 Å². The number of amides is 3. The van der Waals surface area contributed by atoms with Crippen molar-refractivity contribution >= 4 is 29.1 Å². The molecule has 0 aromatic heterocycles. The topological polar surface area (TPSA) is 66.5 Å². The maximum absolute atomic E-state index is 12.9. The van der Waals surface area contributed by atoms with Crippen LogP contribution < -0.4 is 10.2 Å². The van der Waals surface area contributed by atoms with Crippen LogP contribution in [0.1, 0.15) is 41.3 Å². The highest BCUT2D eigenvalue weighted by molar-refractivity contribution is 6.22. The lowest BCUT2D eigenvalue weighted by Gasteiger charge is -2.18. The Morgan fingerprint density at radius 1 is 0.966 bits per heavy atom. The fraction of sp³-hybridized carbons (Fsp3) is 0.292. The Hall–Kier alpha value is -3.21. The average Bonchev–Trinajstić information content (AvgIpc) is 2.91. The number of benzene rings is 2. The maximum atomic E-state index is 12.9. The van der Waals surface area contributed by atoms with Gasteiger partial charge < -0.3 is 5.32 Å². The Labute approximate surface area is 170 Å². The molecule has 5 nitrogen and oxygen atoms in total. The van der Waals surface area contributed by atoms with Crippen LogP contribution in [0.3, 0.4) is 0 Å². The molecule has 2 atom stereocenters. The molecule has 2 aliphatic rings. The normalized spacial score (nSPS) is 21.1. The minimum atomic E-state index is -0.293. The second kappa shape index (κ2) is 7.32. The zero-order chi connectivity index (χ0) is 20.7. The first-order chi connectivity index (χ1) is 13.8. The third-order valence-corrected chi connectivity index (χ3v) is 5.67. The van der Waals surface area contributed by atoms with Crippen LogP contribution in [-0.2, 0) is 9.59 Å². The van der Waals surface area contributed by atoms with E-state index in [1.54, 1.807) is 24.3 Å². The molecule has 1 fully saturated rings. The number of aryl methyl sites for hydroxylation is 2. The molecule has 3 amide bonds. The fourth-order valence-electron chi connectivity index (χ4n) is 4.33. The predicted octanol–water partition coefficient (Wildman–Crippen LogP) is 4.40. The summed E-state index contributed by atoms with van der Waals surface area (Å²) in [5.41, 5.74) is 4.86. The Morgan fingerprint density at radius 3 is 2.38 bits per heavy atom. The van der Waals surface area contributed by atoms with E-state index in [4.69, 9.17) is 0 Å². The van der Waals surface area contributed by atoms with Gasteiger partial charge in [-0.15, -0.1) is 0 Å². The first kappa shape index (κ1) is 19.1. The molecule has 148 valence electrons. The molecule has 0 saturated carbocycles. The van der Waals surface area contributed by atoms with E-state index in [-0.39, 0.29) is 29.6 Å². The Kier molecular flexibility index (Phi) is 4.82. The van der Waals surface area contributed by atoms with Crippen LogP contribution in [0, 0.1) is 25.7 Å². The summed E-state index contributed by atoms with van der Waals surface area (Å²) >= 11 is 0. The van der Waals surface area contributed by atoms with Gasteiger partial charge in [0.1, 0.15) is 0 Å². The first-order valence-electron chi connectivity index (χ1n) is 9.86. The Balaban J connectivity index is 1.58. The van der Waals surface area contributed by atoms with Crippen molar-refractivity contribution in [1.29, 1.82) is 0 Å². The summed E-state index contributed by atoms with van der Waals surface area (Å²) in [5.74, 6) is -1.19. The molecule has 5 heteroatoms. The Morgan fingerprint density at radius 2 is 1.66 bits per heavy atom. The van der Waals surface area contributed by atoms with Gasteiger partial charge in [-0.3, -0.25) is 19.3 Å². The first-order valence-corrected chi connectivity index (χ1v) is 9.86. The summed E-state index contributed by atoms with van der Waals surface area (Å²) in [6, 6.07) is 12.6. The van der Waals surface area contributed by atoms with E-state index in [0.717, 1.165) is 22.4 Å². The van der Waals surface area contributed by atoms with E-state index in [2.05, 4.69) is 5.32 Å². The summed E-state index contributed by atoms with van der Waals surface area (Å²) in [6.07, 6.45) is 3.27. The molecule has 1 saturated heterocycles. The minimum Gasteiger partial charge on any atom is -0.322 e. The van der Waals surface area contributed by atoms with Crippen molar-refractivity contribution in [3.63, 3.8) is 0 Å². The van der Waals surface area contributed by atoms with Gasteiger partial charge in [0.15, 0.2) is 0 Å². The molecule has 1 N–H and O–H groups in total. The zero-order valence-electron chi connectivity index (χ0n) is 16.9. The second-order valence-corrected chi connectivity index (χ2v) is 8.10. The van der Waals surface area contributed by atoms with E-state index < -0.39 is 0 Å². The number of imide groups is 1. The van der Waals surface area contributed by atoms with Crippen molar-refractivity contribution in [2.75, 3.05) is 10.2 Å². The van der Waals surface area contributed by atoms with Crippen molar-refractivity contribution in [3.05, 3.63) is 70.8 Å². The highest BCUT2D eigenvalue weighted by Crippen LogP contribution is 2.39. The Bertz CT molecular complexity index is 1030. The molecule has 1 aliphatic heterocycles. The molecule has 4 rings (SSSR count). The van der Waals surface area contributed by atoms with Crippen molar-refractivity contribution in [3.8, 4) is 0 Å². The lowest BCUT2D eigenvalue weighted by atomic mass is 9.82. The summed E-state index contributed by atoms with van der Waals surface area (Å²) in [6.45, 7) is 5.95. The van der Waals surface area contributed by atoms with Crippen LogP contribution >= 0.6 is 0 Å². The number of hydrogen-bond donors (Lipinski definition) is 1. The number of anilines is 2. The highest BCUT2D eigenvalue weighted by atomic mass is 16.2. The maximum Gasteiger partial charge on any atom is 0.255 e. The number of fused-ring (bicyclic) bond motifs is 1. The largest absolute Gasteiger partial charge is 0.322 e. The number of carbonyl (C=O) groups is 3. The summed E-state index contributed by atoms with van der Waals surface area (Å²) in [5, 5.41) is 2.90. The quantitative estimate of drug-likeness (QED) is 0.626. The number of nitrogens with zero attached hydrogens (tertiary/aromatic N) is 1. The SMILES string of the molecule is CC1=CC[C@@H]2C(=O)N(c3cccc(C(=O)Nc4cc(C)cc(C)c4)c3)C(=O)[C@@H]2C1. The lowest BCUT2D eigenvalue weighted by molar-refractivity contribution is -0.122. The number of rotatable bonds is 3. The molecular formula is C24H24N2O3. The number of carbonyl (C=O) groups excluding carboxylic acids is 3. The minimum absolute atomic E-state index is 0.167. The molecule has 1 aliphatic carbocycles. The molecule has 1 heterocycles. The van der Waals surface area contributed by atoms with Crippen LogP contribution in [0.5, 0.6) is 0 Å². The van der Waals surface area contributed by atoms with Gasteiger partial charge in [-0.2, -0.15) is 0 Å². The van der Waals surface area contributed by atoms with Crippen LogP contribution in [0.15, 0.2) is 54.1 Å². The van der Waals surface area contributed by atoms with E-state index in [9.17, 15) is 14.4 Å². The van der Waals surface area contributed by atoms with E-state index >= 15 is 0 Å². The fourth-order valence-corrected chi connectivity index (χ4v) is 4.33. The molecule has 0 spiro atoms. The molecular weight excluding hydrogens is 364 g/mol. The van der Waals surface area contributed by atoms with Crippen molar-refractivity contribution in [2.45, 2.75) is 33.6 Å². The third-order valence-electron chi connectivity index (χ3n) is 5.67. The third kappa shape index (κ3) is 3.60. The van der Waals surface area contributed by atoms with E-state index in [1.807, 2.05) is 45.0 Å². The van der Waals surface area contributed by atoms with Gasteiger partial charge in [-0.05, 0) is 75.1 Å². The summed E-state index contributed by atoms with van der Waals surface area (Å²) in [7, 11) is 0. The molecule has 0 unspecified atom stereocenters. The van der Waals surface area contributed by atoms with Gasteiger partial charge in [0.25, 0.3) is 5.91 Å². The van der Waals surface area contributed by atoms with Gasteiger partial charge in [0.2, 0.25) is 11.8 Å². The van der Waals surface area contributed by atoms with Gasteiger partial charge >= 0.3 is 0 Å². The molecule has 2 aromatic carbocycles. The van der Waals surface area contributed by atoms with Crippen molar-refractivity contribution in [1.82, 2.24) is 0 Å². The smallest absolute Gasteiger partial charge is 0.255 e. The standard InChI is InChI=1S/C24H24N2O3/c1-14-7-8-20-21(12-14)24(29)26(23(20)28)19-6-4-5-17(13-19)22(27)25-18-10-15(2)9-16(3)11-18/h4-7,9-11,13,20-21H,8,12H2,1-3H3,(H,25,27)/t20-,21+/m0/s1. The predicted molar refractivity (Wildman–Crippen MR) is 113 cm³/mol. The number of nitrogens with one attached hydrogen (secondary N) is 1. The monoisotopic (exact) mass is 388 g/mol. The lowest BCUT2D eigenvalue weighted by Crippen LogP contribution is -2.31. The molecule has 2 aromatic rings. The highest BCUT2D eigenvalue weighted by Gasteiger charge is 2.48. The molecule has 0 bridgehead atoms. The summed E-state index contributed by atoms with van der Waals surface area (Å²) in [4.78, 5) is 39.8. The zero-order valence-corrected chi connectivity index (χ0v) is 16.9. The number of hydrogen-bond acceptors (Lipinski definition) is 3. The van der Waals surface area contributed by atoms with Gasteiger partial charge in [0.05, 0.1) is 17.5 Å². The van der Waals surface area contributed by atoms with Crippen LogP contribution in [0.2, 0.25) is 0 Å². The second-order valence-electron chi connectivity index (χ2n) is 8.10. The van der Waals surface area contributed by atoms with Crippen LogP contribution in [0.25, 0.3) is 0 Å². The van der Waals surface area contributed by atoms with Crippen LogP contribution in [0.4, 0.5) is 11.4 Å². The van der Waals surface area contributed by atoms with Crippen molar-refractivity contribution < 1.29 is 14.4 Å². The average molecular weight is 388 g/mol. The van der Waals surface area contributed by atoms with Crippen LogP contribution in [-0.4, -0.2) is 17.7 Å². The molecule has 29 heavy (non-hydrogen) atoms. The number of allylic oxidation sites excluding steroid dienone is 2. The molecule has 0 radical (unpaired) electrons. The van der Waals surface area contributed by atoms with Gasteiger partial charge in [-0.1, -0.05) is 23.8 Å². The van der Waals surface area contributed by atoms with Crippen molar-refractivity contribution in [2.24, 2.45) is 11.8 Å². The van der Waals surface area contributed by atoms with Gasteiger partial charge in [0, 0.05) is 11.3 Å². The van der Waals surface area contributed by atoms with E-state index in [1.165, 1.54) is 4.90 Å². The summed E-state index contributed by atoms with van der Waals surface area (Å²) < 4.78 is 0.